The van der Waals surface area contributed by atoms with E-state index in [-0.39, 0.29) is 29.7 Å². The molecule has 24 heavy (non-hydrogen) atoms. The van der Waals surface area contributed by atoms with Gasteiger partial charge in [0.05, 0.1) is 4.90 Å². The number of amides is 1. The van der Waals surface area contributed by atoms with Gasteiger partial charge in [0.15, 0.2) is 0 Å². The molecule has 1 amide bonds. The first kappa shape index (κ1) is 17.8. The fraction of sp³-hybridized carbons (Fsp3) is 0.118. The van der Waals surface area contributed by atoms with Crippen LogP contribution in [-0.2, 0) is 16.6 Å². The maximum Gasteiger partial charge on any atom is 0.251 e. The summed E-state index contributed by atoms with van der Waals surface area (Å²) in [7, 11) is -3.62. The van der Waals surface area contributed by atoms with Gasteiger partial charge in [-0.25, -0.2) is 17.5 Å². The number of halogens is 1. The molecule has 0 aliphatic carbocycles. The summed E-state index contributed by atoms with van der Waals surface area (Å²) in [6, 6.07) is 11.5. The quantitative estimate of drug-likeness (QED) is 0.754. The van der Waals surface area contributed by atoms with E-state index in [1.807, 2.05) is 0 Å². The lowest BCUT2D eigenvalue weighted by atomic mass is 10.2. The van der Waals surface area contributed by atoms with Crippen LogP contribution in [0, 0.1) is 5.82 Å². The SMILES string of the molecule is C=CCNS(=O)(=O)c1ccc(C(=O)NCc2cccc(F)c2)cc1. The summed E-state index contributed by atoms with van der Waals surface area (Å²) in [4.78, 5) is 12.1. The third-order valence-corrected chi connectivity index (χ3v) is 4.63. The average Bonchev–Trinajstić information content (AvgIpc) is 2.58. The van der Waals surface area contributed by atoms with Crippen molar-refractivity contribution in [3.05, 3.63) is 78.1 Å². The molecule has 0 bridgehead atoms. The van der Waals surface area contributed by atoms with Crippen LogP contribution in [0.3, 0.4) is 0 Å². The van der Waals surface area contributed by atoms with Gasteiger partial charge in [0, 0.05) is 18.7 Å². The van der Waals surface area contributed by atoms with Gasteiger partial charge in [0.1, 0.15) is 5.82 Å². The summed E-state index contributed by atoms with van der Waals surface area (Å²) in [6.07, 6.45) is 1.44. The molecular formula is C17H17FN2O3S. The minimum Gasteiger partial charge on any atom is -0.348 e. The van der Waals surface area contributed by atoms with Gasteiger partial charge in [-0.3, -0.25) is 4.79 Å². The van der Waals surface area contributed by atoms with Gasteiger partial charge < -0.3 is 5.32 Å². The smallest absolute Gasteiger partial charge is 0.251 e. The molecular weight excluding hydrogens is 331 g/mol. The van der Waals surface area contributed by atoms with E-state index in [0.717, 1.165) is 0 Å². The third-order valence-electron chi connectivity index (χ3n) is 3.19. The van der Waals surface area contributed by atoms with E-state index in [0.29, 0.717) is 11.1 Å². The van der Waals surface area contributed by atoms with Crippen molar-refractivity contribution in [2.45, 2.75) is 11.4 Å². The Bertz CT molecular complexity index is 833. The minimum atomic E-state index is -3.62. The van der Waals surface area contributed by atoms with Gasteiger partial charge >= 0.3 is 0 Å². The van der Waals surface area contributed by atoms with Crippen LogP contribution in [0.2, 0.25) is 0 Å². The molecule has 0 aliphatic rings. The third kappa shape index (κ3) is 4.74. The fourth-order valence-corrected chi connectivity index (χ4v) is 2.97. The molecule has 126 valence electrons. The first-order valence-corrected chi connectivity index (χ1v) is 8.64. The molecule has 5 nitrogen and oxygen atoms in total. The number of sulfonamides is 1. The molecule has 2 aromatic carbocycles. The Morgan fingerprint density at radius 2 is 1.88 bits per heavy atom. The van der Waals surface area contributed by atoms with Gasteiger partial charge in [-0.1, -0.05) is 18.2 Å². The van der Waals surface area contributed by atoms with Crippen LogP contribution in [-0.4, -0.2) is 20.9 Å². The number of hydrogen-bond donors (Lipinski definition) is 2. The molecule has 0 aromatic heterocycles. The highest BCUT2D eigenvalue weighted by molar-refractivity contribution is 7.89. The van der Waals surface area contributed by atoms with Crippen molar-refractivity contribution in [3.8, 4) is 0 Å². The van der Waals surface area contributed by atoms with Crippen molar-refractivity contribution in [2.75, 3.05) is 6.54 Å². The van der Waals surface area contributed by atoms with Gasteiger partial charge in [-0.2, -0.15) is 0 Å². The van der Waals surface area contributed by atoms with Crippen LogP contribution in [0.5, 0.6) is 0 Å². The number of benzene rings is 2. The highest BCUT2D eigenvalue weighted by atomic mass is 32.2. The summed E-state index contributed by atoms with van der Waals surface area (Å²) in [6.45, 7) is 3.74. The van der Waals surface area contributed by atoms with E-state index >= 15 is 0 Å². The van der Waals surface area contributed by atoms with Crippen LogP contribution >= 0.6 is 0 Å². The number of carbonyl (C=O) groups is 1. The monoisotopic (exact) mass is 348 g/mol. The Hall–Kier alpha value is -2.51. The van der Waals surface area contributed by atoms with Gasteiger partial charge in [-0.15, -0.1) is 6.58 Å². The van der Waals surface area contributed by atoms with E-state index in [1.165, 1.54) is 42.5 Å². The highest BCUT2D eigenvalue weighted by Crippen LogP contribution is 2.11. The van der Waals surface area contributed by atoms with Crippen molar-refractivity contribution in [2.24, 2.45) is 0 Å². The number of hydrogen-bond acceptors (Lipinski definition) is 3. The molecule has 0 saturated carbocycles. The Balaban J connectivity index is 2.02. The zero-order valence-corrected chi connectivity index (χ0v) is 13.6. The standard InChI is InChI=1S/C17H17FN2O3S/c1-2-10-20-24(22,23)16-8-6-14(7-9-16)17(21)19-12-13-4-3-5-15(18)11-13/h2-9,11,20H,1,10,12H2,(H,19,21). The van der Waals surface area contributed by atoms with Crippen molar-refractivity contribution in [1.29, 1.82) is 0 Å². The van der Waals surface area contributed by atoms with Crippen LogP contribution in [0.25, 0.3) is 0 Å². The second kappa shape index (κ2) is 7.85. The number of rotatable bonds is 7. The lowest BCUT2D eigenvalue weighted by Gasteiger charge is -2.07. The topological polar surface area (TPSA) is 75.3 Å². The van der Waals surface area contributed by atoms with Crippen molar-refractivity contribution in [1.82, 2.24) is 10.0 Å². The lowest BCUT2D eigenvalue weighted by Crippen LogP contribution is -2.24. The summed E-state index contributed by atoms with van der Waals surface area (Å²) in [5.74, 6) is -0.745. The summed E-state index contributed by atoms with van der Waals surface area (Å²) in [5, 5.41) is 2.65. The van der Waals surface area contributed by atoms with Crippen LogP contribution in [0.4, 0.5) is 4.39 Å². The Kier molecular flexibility index (Phi) is 5.83. The molecule has 0 fully saturated rings. The zero-order valence-electron chi connectivity index (χ0n) is 12.8. The van der Waals surface area contributed by atoms with Crippen LogP contribution in [0.15, 0.2) is 66.1 Å². The van der Waals surface area contributed by atoms with Gasteiger partial charge in [0.25, 0.3) is 5.91 Å². The molecule has 2 N–H and O–H groups in total. The fourth-order valence-electron chi connectivity index (χ4n) is 1.97. The van der Waals surface area contributed by atoms with E-state index in [2.05, 4.69) is 16.6 Å². The largest absolute Gasteiger partial charge is 0.348 e. The molecule has 2 aromatic rings. The summed E-state index contributed by atoms with van der Waals surface area (Å²) < 4.78 is 39.3. The second-order valence-electron chi connectivity index (χ2n) is 4.98. The molecule has 7 heteroatoms. The van der Waals surface area contributed by atoms with Crippen molar-refractivity contribution >= 4 is 15.9 Å². The Morgan fingerprint density at radius 3 is 2.50 bits per heavy atom. The molecule has 0 spiro atoms. The Morgan fingerprint density at radius 1 is 1.17 bits per heavy atom. The summed E-state index contributed by atoms with van der Waals surface area (Å²) >= 11 is 0. The number of nitrogens with one attached hydrogen (secondary N) is 2. The van der Waals surface area contributed by atoms with Gasteiger partial charge in [-0.05, 0) is 42.0 Å². The summed E-state index contributed by atoms with van der Waals surface area (Å²) in [5.41, 5.74) is 0.949. The van der Waals surface area contributed by atoms with E-state index in [4.69, 9.17) is 0 Å². The minimum absolute atomic E-state index is 0.0611. The average molecular weight is 348 g/mol. The molecule has 0 saturated heterocycles. The molecule has 0 atom stereocenters. The zero-order chi connectivity index (χ0) is 17.6. The normalized spacial score (nSPS) is 11.0. The van der Waals surface area contributed by atoms with E-state index in [1.54, 1.807) is 12.1 Å². The predicted molar refractivity (Wildman–Crippen MR) is 89.4 cm³/mol. The molecule has 0 unspecified atom stereocenters. The van der Waals surface area contributed by atoms with E-state index in [9.17, 15) is 17.6 Å². The van der Waals surface area contributed by atoms with Gasteiger partial charge in [0.2, 0.25) is 10.0 Å². The van der Waals surface area contributed by atoms with Crippen molar-refractivity contribution in [3.63, 3.8) is 0 Å². The van der Waals surface area contributed by atoms with E-state index < -0.39 is 10.0 Å². The first-order chi connectivity index (χ1) is 11.4. The maximum atomic E-state index is 13.1. The highest BCUT2D eigenvalue weighted by Gasteiger charge is 2.13. The predicted octanol–water partition coefficient (Wildman–Crippen LogP) is 2.22. The molecule has 0 radical (unpaired) electrons. The second-order valence-corrected chi connectivity index (χ2v) is 6.74. The molecule has 0 heterocycles. The molecule has 0 aliphatic heterocycles. The lowest BCUT2D eigenvalue weighted by molar-refractivity contribution is 0.0950. The van der Waals surface area contributed by atoms with Crippen LogP contribution in [0.1, 0.15) is 15.9 Å². The first-order valence-electron chi connectivity index (χ1n) is 7.15. The van der Waals surface area contributed by atoms with Crippen LogP contribution < -0.4 is 10.0 Å². The number of carbonyl (C=O) groups excluding carboxylic acids is 1. The molecule has 2 rings (SSSR count). The maximum absolute atomic E-state index is 13.1. The van der Waals surface area contributed by atoms with Crippen molar-refractivity contribution < 1.29 is 17.6 Å². The Labute approximate surface area is 140 Å².